The van der Waals surface area contributed by atoms with Crippen LogP contribution in [0.25, 0.3) is 0 Å². The molecule has 0 aliphatic heterocycles. The van der Waals surface area contributed by atoms with Crippen LogP contribution < -0.4 is 0 Å². The number of allylic oxidation sites excluding steroid dienone is 4. The Morgan fingerprint density at radius 2 is 0.833 bits per heavy atom. The van der Waals surface area contributed by atoms with Crippen LogP contribution in [0.3, 0.4) is 0 Å². The first-order chi connectivity index (χ1) is 20.9. The van der Waals surface area contributed by atoms with E-state index in [1.807, 2.05) is 0 Å². The van der Waals surface area contributed by atoms with Gasteiger partial charge in [-0.05, 0) is 56.8 Å². The first-order valence-electron chi connectivity index (χ1n) is 20.2. The average molecular weight is 585 g/mol. The number of hydrogen-bond donors (Lipinski definition) is 0. The predicted molar refractivity (Wildman–Crippen MR) is 194 cm³/mol. The molecule has 0 bridgehead atoms. The molecule has 2 unspecified atom stereocenters. The zero-order valence-corrected chi connectivity index (χ0v) is 29.5. The summed E-state index contributed by atoms with van der Waals surface area (Å²) >= 11 is 0. The maximum absolute atomic E-state index is 2.48. The van der Waals surface area contributed by atoms with Crippen LogP contribution in [0.4, 0.5) is 0 Å². The summed E-state index contributed by atoms with van der Waals surface area (Å²) in [5.74, 6) is 1.94. The Hall–Kier alpha value is -0.520. The van der Waals surface area contributed by atoms with Gasteiger partial charge in [0.1, 0.15) is 0 Å². The Morgan fingerprint density at radius 1 is 0.405 bits per heavy atom. The Morgan fingerprint density at radius 3 is 1.21 bits per heavy atom. The lowest BCUT2D eigenvalue weighted by Gasteiger charge is -2.17. The van der Waals surface area contributed by atoms with E-state index in [0.29, 0.717) is 0 Å². The second-order valence-electron chi connectivity index (χ2n) is 14.3. The van der Waals surface area contributed by atoms with Crippen molar-refractivity contribution in [1.29, 1.82) is 0 Å². The molecule has 0 radical (unpaired) electrons. The SMILES string of the molecule is CCCCCCCCCCCCCCCC1C=CCCC1.CCCCCCCCCCCCCCCC1CC=CCC1. The van der Waals surface area contributed by atoms with Gasteiger partial charge in [-0.15, -0.1) is 0 Å². The average Bonchev–Trinajstić information content (AvgIpc) is 3.03. The van der Waals surface area contributed by atoms with Crippen LogP contribution in [0.15, 0.2) is 24.3 Å². The predicted octanol–water partition coefficient (Wildman–Crippen LogP) is 15.6. The van der Waals surface area contributed by atoms with Gasteiger partial charge < -0.3 is 0 Å². The Kier molecular flexibility index (Phi) is 31.4. The van der Waals surface area contributed by atoms with Crippen molar-refractivity contribution in [2.75, 3.05) is 0 Å². The first kappa shape index (κ1) is 39.5. The van der Waals surface area contributed by atoms with Gasteiger partial charge in [-0.2, -0.15) is 0 Å². The lowest BCUT2D eigenvalue weighted by Crippen LogP contribution is -2.02. The van der Waals surface area contributed by atoms with Crippen molar-refractivity contribution in [2.24, 2.45) is 11.8 Å². The topological polar surface area (TPSA) is 0 Å². The molecule has 0 heterocycles. The largest absolute Gasteiger partial charge is 0.0885 e. The summed E-state index contributed by atoms with van der Waals surface area (Å²) in [6.45, 7) is 4.60. The van der Waals surface area contributed by atoms with Crippen molar-refractivity contribution < 1.29 is 0 Å². The van der Waals surface area contributed by atoms with Gasteiger partial charge >= 0.3 is 0 Å². The van der Waals surface area contributed by atoms with E-state index in [0.717, 1.165) is 11.8 Å². The monoisotopic (exact) mass is 585 g/mol. The first-order valence-corrected chi connectivity index (χ1v) is 20.2. The standard InChI is InChI=1S/2C21H40/c2*1-2-3-4-5-6-7-8-9-10-11-12-13-15-18-21-19-16-14-17-20-21/h16,19,21H,2-15,17-18,20H2,1H3;14,16,21H,2-13,15,17-20H2,1H3. The van der Waals surface area contributed by atoms with E-state index in [9.17, 15) is 0 Å². The van der Waals surface area contributed by atoms with E-state index in [1.165, 1.54) is 218 Å². The second-order valence-corrected chi connectivity index (χ2v) is 14.3. The zero-order valence-electron chi connectivity index (χ0n) is 29.5. The fraction of sp³-hybridized carbons (Fsp3) is 0.905. The molecular formula is C42H80. The molecule has 0 aromatic rings. The van der Waals surface area contributed by atoms with Gasteiger partial charge in [0, 0.05) is 0 Å². The van der Waals surface area contributed by atoms with Crippen LogP contribution >= 0.6 is 0 Å². The van der Waals surface area contributed by atoms with Gasteiger partial charge in [-0.1, -0.05) is 212 Å². The molecule has 0 N–H and O–H groups in total. The van der Waals surface area contributed by atoms with Crippen LogP contribution in [-0.4, -0.2) is 0 Å². The minimum absolute atomic E-state index is 0.923. The maximum atomic E-state index is 2.48. The zero-order chi connectivity index (χ0) is 30.0. The van der Waals surface area contributed by atoms with Gasteiger partial charge in [-0.3, -0.25) is 0 Å². The molecular weight excluding hydrogens is 504 g/mol. The molecule has 0 aromatic carbocycles. The van der Waals surface area contributed by atoms with Crippen molar-refractivity contribution in [3.05, 3.63) is 24.3 Å². The molecule has 42 heavy (non-hydrogen) atoms. The minimum Gasteiger partial charge on any atom is -0.0885 e. The van der Waals surface area contributed by atoms with Crippen molar-refractivity contribution in [1.82, 2.24) is 0 Å². The van der Waals surface area contributed by atoms with Gasteiger partial charge in [0.2, 0.25) is 0 Å². The fourth-order valence-corrected chi connectivity index (χ4v) is 7.12. The minimum atomic E-state index is 0.923. The highest BCUT2D eigenvalue weighted by Crippen LogP contribution is 2.25. The third-order valence-electron chi connectivity index (χ3n) is 10.1. The maximum Gasteiger partial charge on any atom is -0.0233 e. The number of unbranched alkanes of at least 4 members (excludes halogenated alkanes) is 24. The fourth-order valence-electron chi connectivity index (χ4n) is 7.12. The van der Waals surface area contributed by atoms with Crippen LogP contribution in [0.5, 0.6) is 0 Å². The summed E-state index contributed by atoms with van der Waals surface area (Å²) in [7, 11) is 0. The van der Waals surface area contributed by atoms with E-state index < -0.39 is 0 Å². The molecule has 0 fully saturated rings. The summed E-state index contributed by atoms with van der Waals surface area (Å²) in [6.07, 6.45) is 59.1. The summed E-state index contributed by atoms with van der Waals surface area (Å²) in [5, 5.41) is 0. The lowest BCUT2D eigenvalue weighted by molar-refractivity contribution is 0.418. The molecule has 0 heteroatoms. The molecule has 2 aliphatic rings. The highest BCUT2D eigenvalue weighted by Gasteiger charge is 2.09. The Bertz CT molecular complexity index is 556. The molecule has 0 aromatic heterocycles. The smallest absolute Gasteiger partial charge is 0.0233 e. The Labute approximate surface area is 267 Å². The summed E-state index contributed by atoms with van der Waals surface area (Å²) in [4.78, 5) is 0. The van der Waals surface area contributed by atoms with Crippen LogP contribution in [0, 0.1) is 11.8 Å². The van der Waals surface area contributed by atoms with Gasteiger partial charge in [0.05, 0.1) is 0 Å². The van der Waals surface area contributed by atoms with Crippen molar-refractivity contribution in [3.8, 4) is 0 Å². The quantitative estimate of drug-likeness (QED) is 0.0633. The molecule has 248 valence electrons. The third-order valence-corrected chi connectivity index (χ3v) is 10.1. The summed E-state index contributed by atoms with van der Waals surface area (Å²) in [6, 6.07) is 0. The van der Waals surface area contributed by atoms with E-state index >= 15 is 0 Å². The molecule has 0 nitrogen and oxygen atoms in total. The molecule has 0 amide bonds. The normalized spacial score (nSPS) is 18.2. The molecule has 0 saturated carbocycles. The molecule has 2 rings (SSSR count). The second kappa shape index (κ2) is 33.4. The molecule has 0 saturated heterocycles. The van der Waals surface area contributed by atoms with Crippen molar-refractivity contribution >= 4 is 0 Å². The molecule has 0 spiro atoms. The van der Waals surface area contributed by atoms with Gasteiger partial charge in [0.15, 0.2) is 0 Å². The summed E-state index contributed by atoms with van der Waals surface area (Å²) < 4.78 is 0. The third kappa shape index (κ3) is 28.3. The van der Waals surface area contributed by atoms with Gasteiger partial charge in [-0.25, -0.2) is 0 Å². The number of hydrogen-bond acceptors (Lipinski definition) is 0. The lowest BCUT2D eigenvalue weighted by atomic mass is 9.89. The van der Waals surface area contributed by atoms with E-state index in [2.05, 4.69) is 38.2 Å². The van der Waals surface area contributed by atoms with Crippen LogP contribution in [0.1, 0.15) is 232 Å². The van der Waals surface area contributed by atoms with Crippen LogP contribution in [0.2, 0.25) is 0 Å². The highest BCUT2D eigenvalue weighted by atomic mass is 14.1. The van der Waals surface area contributed by atoms with E-state index in [4.69, 9.17) is 0 Å². The number of rotatable bonds is 28. The van der Waals surface area contributed by atoms with E-state index in [-0.39, 0.29) is 0 Å². The highest BCUT2D eigenvalue weighted by molar-refractivity contribution is 4.92. The van der Waals surface area contributed by atoms with E-state index in [1.54, 1.807) is 0 Å². The van der Waals surface area contributed by atoms with Crippen molar-refractivity contribution in [3.63, 3.8) is 0 Å². The van der Waals surface area contributed by atoms with Crippen molar-refractivity contribution in [2.45, 2.75) is 232 Å². The van der Waals surface area contributed by atoms with Crippen LogP contribution in [-0.2, 0) is 0 Å². The summed E-state index contributed by atoms with van der Waals surface area (Å²) in [5.41, 5.74) is 0. The Balaban J connectivity index is 0.000000420. The van der Waals surface area contributed by atoms with Gasteiger partial charge in [0.25, 0.3) is 0 Å². The molecule has 2 atom stereocenters. The molecule has 2 aliphatic carbocycles.